The Morgan fingerprint density at radius 1 is 1.26 bits per heavy atom. The molecule has 1 fully saturated rings. The molecule has 3 rings (SSSR count). The van der Waals surface area contributed by atoms with Crippen LogP contribution in [0.5, 0.6) is 0 Å². The number of rotatable bonds is 7. The van der Waals surface area contributed by atoms with Crippen molar-refractivity contribution in [2.45, 2.75) is 38.8 Å². The first-order valence-corrected chi connectivity index (χ1v) is 9.88. The van der Waals surface area contributed by atoms with E-state index in [1.54, 1.807) is 0 Å². The van der Waals surface area contributed by atoms with Crippen molar-refractivity contribution < 1.29 is 14.7 Å². The molecule has 0 bridgehead atoms. The highest BCUT2D eigenvalue weighted by Gasteiger charge is 2.25. The van der Waals surface area contributed by atoms with Gasteiger partial charge in [0.1, 0.15) is 0 Å². The Morgan fingerprint density at radius 2 is 2.00 bits per heavy atom. The second-order valence-corrected chi connectivity index (χ2v) is 7.59. The fourth-order valence-electron chi connectivity index (χ4n) is 3.09. The minimum absolute atomic E-state index is 0.103. The van der Waals surface area contributed by atoms with Crippen molar-refractivity contribution in [1.82, 2.24) is 15.2 Å². The largest absolute Gasteiger partial charge is 0.465 e. The van der Waals surface area contributed by atoms with Crippen molar-refractivity contribution in [2.75, 3.05) is 18.4 Å². The lowest BCUT2D eigenvalue weighted by molar-refractivity contribution is -0.114. The molecule has 1 aromatic heterocycles. The molecule has 0 radical (unpaired) electrons. The maximum Gasteiger partial charge on any atom is 0.407 e. The van der Waals surface area contributed by atoms with E-state index in [1.165, 1.54) is 34.3 Å². The number of carbonyl (C=O) groups is 2. The molecule has 0 spiro atoms. The predicted octanol–water partition coefficient (Wildman–Crippen LogP) is 2.73. The summed E-state index contributed by atoms with van der Waals surface area (Å²) in [6.45, 7) is 3.38. The van der Waals surface area contributed by atoms with Crippen LogP contribution in [0.15, 0.2) is 29.6 Å². The minimum atomic E-state index is -0.840. The average molecular weight is 388 g/mol. The van der Waals surface area contributed by atoms with Crippen molar-refractivity contribution in [3.8, 4) is 0 Å². The fourth-order valence-corrected chi connectivity index (χ4v) is 3.88. The number of hydrogen-bond acceptors (Lipinski definition) is 5. The van der Waals surface area contributed by atoms with Crippen LogP contribution in [0.4, 0.5) is 9.93 Å². The highest BCUT2D eigenvalue weighted by Crippen LogP contribution is 2.17. The molecule has 1 aliphatic heterocycles. The molecule has 144 valence electrons. The number of aromatic nitrogens is 1. The molecule has 1 atom stereocenters. The highest BCUT2D eigenvalue weighted by molar-refractivity contribution is 7.13. The Kier molecular flexibility index (Phi) is 6.41. The van der Waals surface area contributed by atoms with Crippen molar-refractivity contribution in [3.05, 3.63) is 46.5 Å². The van der Waals surface area contributed by atoms with Crippen LogP contribution in [0, 0.1) is 0 Å². The fraction of sp³-hybridized carbons (Fsp3) is 0.421. The van der Waals surface area contributed by atoms with E-state index in [2.05, 4.69) is 39.9 Å². The number of nitrogens with zero attached hydrogens (tertiary/aromatic N) is 2. The molecule has 8 heteroatoms. The summed E-state index contributed by atoms with van der Waals surface area (Å²) in [5.74, 6) is -0.103. The van der Waals surface area contributed by atoms with Crippen molar-refractivity contribution in [2.24, 2.45) is 0 Å². The summed E-state index contributed by atoms with van der Waals surface area (Å²) < 4.78 is 0. The topological polar surface area (TPSA) is 94.6 Å². The quantitative estimate of drug-likeness (QED) is 0.678. The summed E-state index contributed by atoms with van der Waals surface area (Å²) in [7, 11) is 0. The molecule has 2 heterocycles. The number of aryl methyl sites for hydroxylation is 2. The van der Waals surface area contributed by atoms with Crippen LogP contribution in [-0.2, 0) is 24.2 Å². The zero-order chi connectivity index (χ0) is 19.2. The predicted molar refractivity (Wildman–Crippen MR) is 105 cm³/mol. The molecule has 1 unspecified atom stereocenters. The standard InChI is InChI=1S/C19H24N4O3S/c1-13(24)21-18-22-17(12-27-18)7-6-14-2-4-15(5-3-14)10-20-16-8-9-23(11-16)19(25)26/h2-5,12,16,20H,6-11H2,1H3,(H,25,26)(H,21,22,24). The summed E-state index contributed by atoms with van der Waals surface area (Å²) >= 11 is 1.44. The van der Waals surface area contributed by atoms with Crippen molar-refractivity contribution >= 4 is 28.5 Å². The third-order valence-electron chi connectivity index (χ3n) is 4.58. The molecule has 27 heavy (non-hydrogen) atoms. The van der Waals surface area contributed by atoms with Gasteiger partial charge in [-0.3, -0.25) is 4.79 Å². The van der Waals surface area contributed by atoms with Gasteiger partial charge >= 0.3 is 6.09 Å². The second-order valence-electron chi connectivity index (χ2n) is 6.74. The van der Waals surface area contributed by atoms with E-state index >= 15 is 0 Å². The number of carbonyl (C=O) groups excluding carboxylic acids is 1. The van der Waals surface area contributed by atoms with Crippen LogP contribution in [-0.4, -0.2) is 46.1 Å². The molecule has 3 N–H and O–H groups in total. The van der Waals surface area contributed by atoms with Crippen LogP contribution in [0.3, 0.4) is 0 Å². The smallest absolute Gasteiger partial charge is 0.407 e. The van der Waals surface area contributed by atoms with Gasteiger partial charge in [0.2, 0.25) is 5.91 Å². The third kappa shape index (κ3) is 5.77. The van der Waals surface area contributed by atoms with Gasteiger partial charge in [-0.15, -0.1) is 11.3 Å². The van der Waals surface area contributed by atoms with Crippen LogP contribution in [0.25, 0.3) is 0 Å². The molecule has 2 amide bonds. The molecule has 1 aliphatic rings. The number of thiazole rings is 1. The number of amides is 2. The number of benzene rings is 1. The van der Waals surface area contributed by atoms with E-state index in [4.69, 9.17) is 5.11 Å². The van der Waals surface area contributed by atoms with Gasteiger partial charge < -0.3 is 20.6 Å². The van der Waals surface area contributed by atoms with Crippen LogP contribution < -0.4 is 10.6 Å². The Hall–Kier alpha value is -2.45. The van der Waals surface area contributed by atoms with Gasteiger partial charge in [0, 0.05) is 38.0 Å². The van der Waals surface area contributed by atoms with E-state index in [0.717, 1.165) is 31.5 Å². The summed E-state index contributed by atoms with van der Waals surface area (Å²) in [5.41, 5.74) is 3.42. The van der Waals surface area contributed by atoms with Crippen LogP contribution in [0.1, 0.15) is 30.2 Å². The van der Waals surface area contributed by atoms with Crippen molar-refractivity contribution in [1.29, 1.82) is 0 Å². The molecular weight excluding hydrogens is 364 g/mol. The Morgan fingerprint density at radius 3 is 2.67 bits per heavy atom. The summed E-state index contributed by atoms with van der Waals surface area (Å²) in [6, 6.07) is 8.68. The van der Waals surface area contributed by atoms with Gasteiger partial charge in [-0.2, -0.15) is 0 Å². The molecule has 1 aromatic carbocycles. The second kappa shape index (κ2) is 8.96. The maximum atomic E-state index is 11.0. The molecular formula is C19H24N4O3S. The van der Waals surface area contributed by atoms with Crippen molar-refractivity contribution in [3.63, 3.8) is 0 Å². The zero-order valence-electron chi connectivity index (χ0n) is 15.3. The monoisotopic (exact) mass is 388 g/mol. The Bertz CT molecular complexity index is 791. The summed E-state index contributed by atoms with van der Waals surface area (Å²) in [4.78, 5) is 27.8. The summed E-state index contributed by atoms with van der Waals surface area (Å²) in [6.07, 6.45) is 1.75. The van der Waals surface area contributed by atoms with Gasteiger partial charge in [-0.25, -0.2) is 9.78 Å². The van der Waals surface area contributed by atoms with E-state index in [0.29, 0.717) is 18.2 Å². The lowest BCUT2D eigenvalue weighted by atomic mass is 10.1. The molecule has 7 nitrogen and oxygen atoms in total. The molecule has 1 saturated heterocycles. The highest BCUT2D eigenvalue weighted by atomic mass is 32.1. The van der Waals surface area contributed by atoms with E-state index in [9.17, 15) is 9.59 Å². The molecule has 0 aliphatic carbocycles. The average Bonchev–Trinajstić information content (AvgIpc) is 3.28. The van der Waals surface area contributed by atoms with Gasteiger partial charge in [0.25, 0.3) is 0 Å². The van der Waals surface area contributed by atoms with Gasteiger partial charge in [0.15, 0.2) is 5.13 Å². The van der Waals surface area contributed by atoms with Gasteiger partial charge in [-0.1, -0.05) is 24.3 Å². The number of likely N-dealkylation sites (tertiary alicyclic amines) is 1. The molecule has 0 saturated carbocycles. The SMILES string of the molecule is CC(=O)Nc1nc(CCc2ccc(CNC3CCN(C(=O)O)C3)cc2)cs1. The lowest BCUT2D eigenvalue weighted by Crippen LogP contribution is -2.34. The maximum absolute atomic E-state index is 11.0. The Balaban J connectivity index is 1.43. The third-order valence-corrected chi connectivity index (χ3v) is 5.39. The number of nitrogens with one attached hydrogen (secondary N) is 2. The number of hydrogen-bond donors (Lipinski definition) is 3. The van der Waals surface area contributed by atoms with E-state index in [-0.39, 0.29) is 11.9 Å². The van der Waals surface area contributed by atoms with E-state index < -0.39 is 6.09 Å². The normalized spacial score (nSPS) is 16.5. The number of carboxylic acid groups (broad SMARTS) is 1. The lowest BCUT2D eigenvalue weighted by Gasteiger charge is -2.14. The van der Waals surface area contributed by atoms with Crippen LogP contribution >= 0.6 is 11.3 Å². The molecule has 2 aromatic rings. The number of anilines is 1. The van der Waals surface area contributed by atoms with Gasteiger partial charge in [-0.05, 0) is 30.4 Å². The van der Waals surface area contributed by atoms with E-state index in [1.807, 2.05) is 5.38 Å². The first kappa shape index (κ1) is 19.3. The first-order valence-electron chi connectivity index (χ1n) is 9.00. The summed E-state index contributed by atoms with van der Waals surface area (Å²) in [5, 5.41) is 17.8. The van der Waals surface area contributed by atoms with Crippen LogP contribution in [0.2, 0.25) is 0 Å². The zero-order valence-corrected chi connectivity index (χ0v) is 16.1. The first-order chi connectivity index (χ1) is 13.0. The minimum Gasteiger partial charge on any atom is -0.465 e. The Labute approximate surface area is 162 Å². The van der Waals surface area contributed by atoms with Gasteiger partial charge in [0.05, 0.1) is 5.69 Å².